The number of halogens is 1. The third kappa shape index (κ3) is 3.01. The molecule has 0 aromatic heterocycles. The van der Waals surface area contributed by atoms with Gasteiger partial charge in [0.2, 0.25) is 0 Å². The van der Waals surface area contributed by atoms with E-state index in [1.807, 2.05) is 6.07 Å². The standard InChI is InChI=1S/C14H20ClNO/c1-9(2)14(8-17)16-13-6-10-3-4-12(15)5-11(10)7-13/h3-5,9,13-14,16-17H,6-8H2,1-2H3/t13?,14-/m1/s1. The van der Waals surface area contributed by atoms with Crippen molar-refractivity contribution < 1.29 is 5.11 Å². The number of benzene rings is 1. The van der Waals surface area contributed by atoms with Crippen molar-refractivity contribution >= 4 is 11.6 Å². The number of aliphatic hydroxyl groups is 1. The SMILES string of the molecule is CC(C)[C@@H](CO)NC1Cc2ccc(Cl)cc2C1. The Labute approximate surface area is 108 Å². The van der Waals surface area contributed by atoms with Crippen molar-refractivity contribution in [2.45, 2.75) is 38.8 Å². The molecule has 0 aliphatic heterocycles. The average molecular weight is 254 g/mol. The van der Waals surface area contributed by atoms with E-state index in [0.29, 0.717) is 12.0 Å². The van der Waals surface area contributed by atoms with Gasteiger partial charge in [0.1, 0.15) is 0 Å². The Morgan fingerprint density at radius 2 is 2.06 bits per heavy atom. The number of nitrogens with one attached hydrogen (secondary N) is 1. The molecule has 2 rings (SSSR count). The molecule has 0 amide bonds. The fourth-order valence-corrected chi connectivity index (χ4v) is 2.66. The molecule has 1 unspecified atom stereocenters. The van der Waals surface area contributed by atoms with Gasteiger partial charge < -0.3 is 10.4 Å². The van der Waals surface area contributed by atoms with E-state index in [2.05, 4.69) is 31.3 Å². The summed E-state index contributed by atoms with van der Waals surface area (Å²) in [6.07, 6.45) is 2.05. The summed E-state index contributed by atoms with van der Waals surface area (Å²) in [6, 6.07) is 6.74. The lowest BCUT2D eigenvalue weighted by atomic mass is 10.0. The zero-order valence-electron chi connectivity index (χ0n) is 10.4. The van der Waals surface area contributed by atoms with Crippen LogP contribution in [-0.4, -0.2) is 23.8 Å². The van der Waals surface area contributed by atoms with E-state index in [9.17, 15) is 5.11 Å². The van der Waals surface area contributed by atoms with Crippen molar-refractivity contribution in [1.29, 1.82) is 0 Å². The Morgan fingerprint density at radius 3 is 2.71 bits per heavy atom. The molecule has 0 bridgehead atoms. The first kappa shape index (κ1) is 12.9. The Kier molecular flexibility index (Phi) is 4.08. The van der Waals surface area contributed by atoms with E-state index >= 15 is 0 Å². The lowest BCUT2D eigenvalue weighted by molar-refractivity contribution is 0.199. The number of aliphatic hydroxyl groups excluding tert-OH is 1. The highest BCUT2D eigenvalue weighted by atomic mass is 35.5. The van der Waals surface area contributed by atoms with Gasteiger partial charge in [-0.15, -0.1) is 0 Å². The molecular formula is C14H20ClNO. The van der Waals surface area contributed by atoms with Gasteiger partial charge in [-0.05, 0) is 42.0 Å². The molecule has 3 heteroatoms. The minimum absolute atomic E-state index is 0.185. The van der Waals surface area contributed by atoms with Gasteiger partial charge in [0, 0.05) is 17.1 Å². The van der Waals surface area contributed by atoms with Gasteiger partial charge in [0.05, 0.1) is 6.61 Å². The normalized spacial score (nSPS) is 20.6. The smallest absolute Gasteiger partial charge is 0.0587 e. The van der Waals surface area contributed by atoms with E-state index in [-0.39, 0.29) is 12.6 Å². The van der Waals surface area contributed by atoms with E-state index in [0.717, 1.165) is 17.9 Å². The number of hydrogen-bond donors (Lipinski definition) is 2. The summed E-state index contributed by atoms with van der Waals surface area (Å²) in [7, 11) is 0. The fourth-order valence-electron chi connectivity index (χ4n) is 2.46. The zero-order valence-corrected chi connectivity index (χ0v) is 11.2. The van der Waals surface area contributed by atoms with E-state index in [1.165, 1.54) is 11.1 Å². The second kappa shape index (κ2) is 5.38. The molecule has 1 aromatic carbocycles. The van der Waals surface area contributed by atoms with Crippen LogP contribution in [0.25, 0.3) is 0 Å². The van der Waals surface area contributed by atoms with Crippen LogP contribution in [0.15, 0.2) is 18.2 Å². The van der Waals surface area contributed by atoms with E-state index in [1.54, 1.807) is 0 Å². The van der Waals surface area contributed by atoms with Crippen LogP contribution in [0.4, 0.5) is 0 Å². The maximum Gasteiger partial charge on any atom is 0.0587 e. The summed E-state index contributed by atoms with van der Waals surface area (Å²) in [5, 5.41) is 13.7. The van der Waals surface area contributed by atoms with Crippen LogP contribution in [0.5, 0.6) is 0 Å². The second-order valence-electron chi connectivity index (χ2n) is 5.22. The van der Waals surface area contributed by atoms with E-state index in [4.69, 9.17) is 11.6 Å². The number of fused-ring (bicyclic) bond motifs is 1. The summed E-state index contributed by atoms with van der Waals surface area (Å²) < 4.78 is 0. The van der Waals surface area contributed by atoms with Gasteiger partial charge >= 0.3 is 0 Å². The molecule has 2 N–H and O–H groups in total. The Balaban J connectivity index is 2.00. The molecule has 94 valence electrons. The predicted molar refractivity (Wildman–Crippen MR) is 71.5 cm³/mol. The van der Waals surface area contributed by atoms with Crippen LogP contribution in [0, 0.1) is 5.92 Å². The molecule has 2 atom stereocenters. The van der Waals surface area contributed by atoms with Crippen LogP contribution in [0.2, 0.25) is 5.02 Å². The molecule has 1 aliphatic rings. The van der Waals surface area contributed by atoms with Gasteiger partial charge in [0.25, 0.3) is 0 Å². The molecule has 0 saturated carbocycles. The molecule has 0 heterocycles. The number of hydrogen-bond acceptors (Lipinski definition) is 2. The predicted octanol–water partition coefficient (Wildman–Crippen LogP) is 2.41. The van der Waals surface area contributed by atoms with Crippen LogP contribution in [-0.2, 0) is 12.8 Å². The first-order chi connectivity index (χ1) is 8.10. The molecule has 0 radical (unpaired) electrons. The summed E-state index contributed by atoms with van der Waals surface area (Å²) in [5.74, 6) is 0.451. The average Bonchev–Trinajstić information content (AvgIpc) is 2.66. The molecule has 0 spiro atoms. The Hall–Kier alpha value is -0.570. The summed E-state index contributed by atoms with van der Waals surface area (Å²) in [5.41, 5.74) is 2.72. The topological polar surface area (TPSA) is 32.3 Å². The monoisotopic (exact) mass is 253 g/mol. The molecule has 2 nitrogen and oxygen atoms in total. The highest BCUT2D eigenvalue weighted by molar-refractivity contribution is 6.30. The highest BCUT2D eigenvalue weighted by Crippen LogP contribution is 2.25. The maximum atomic E-state index is 9.33. The van der Waals surface area contributed by atoms with Crippen LogP contribution in [0.3, 0.4) is 0 Å². The molecule has 0 fully saturated rings. The second-order valence-corrected chi connectivity index (χ2v) is 5.65. The van der Waals surface area contributed by atoms with Gasteiger partial charge in [-0.2, -0.15) is 0 Å². The summed E-state index contributed by atoms with van der Waals surface area (Å²) >= 11 is 5.99. The highest BCUT2D eigenvalue weighted by Gasteiger charge is 2.24. The largest absolute Gasteiger partial charge is 0.395 e. The van der Waals surface area contributed by atoms with Crippen molar-refractivity contribution in [3.05, 3.63) is 34.3 Å². The van der Waals surface area contributed by atoms with Crippen LogP contribution >= 0.6 is 11.6 Å². The Bertz CT molecular complexity index is 392. The van der Waals surface area contributed by atoms with Crippen molar-refractivity contribution in [1.82, 2.24) is 5.32 Å². The lowest BCUT2D eigenvalue weighted by Gasteiger charge is -2.24. The third-order valence-corrected chi connectivity index (χ3v) is 3.79. The van der Waals surface area contributed by atoms with Gasteiger partial charge in [-0.1, -0.05) is 31.5 Å². The Morgan fingerprint density at radius 1 is 1.35 bits per heavy atom. The molecule has 1 aliphatic carbocycles. The van der Waals surface area contributed by atoms with Crippen molar-refractivity contribution in [3.8, 4) is 0 Å². The molecule has 0 saturated heterocycles. The number of rotatable bonds is 4. The van der Waals surface area contributed by atoms with Gasteiger partial charge in [-0.25, -0.2) is 0 Å². The molecule has 17 heavy (non-hydrogen) atoms. The fraction of sp³-hybridized carbons (Fsp3) is 0.571. The van der Waals surface area contributed by atoms with Crippen molar-refractivity contribution in [2.75, 3.05) is 6.61 Å². The third-order valence-electron chi connectivity index (χ3n) is 3.55. The van der Waals surface area contributed by atoms with E-state index < -0.39 is 0 Å². The minimum atomic E-state index is 0.185. The minimum Gasteiger partial charge on any atom is -0.395 e. The summed E-state index contributed by atoms with van der Waals surface area (Å²) in [4.78, 5) is 0. The summed E-state index contributed by atoms with van der Waals surface area (Å²) in [6.45, 7) is 4.46. The van der Waals surface area contributed by atoms with Gasteiger partial charge in [-0.3, -0.25) is 0 Å². The molecule has 1 aromatic rings. The first-order valence-electron chi connectivity index (χ1n) is 6.24. The van der Waals surface area contributed by atoms with Crippen molar-refractivity contribution in [2.24, 2.45) is 5.92 Å². The van der Waals surface area contributed by atoms with Crippen LogP contribution in [0.1, 0.15) is 25.0 Å². The van der Waals surface area contributed by atoms with Crippen LogP contribution < -0.4 is 5.32 Å². The lowest BCUT2D eigenvalue weighted by Crippen LogP contribution is -2.44. The first-order valence-corrected chi connectivity index (χ1v) is 6.62. The quantitative estimate of drug-likeness (QED) is 0.864. The van der Waals surface area contributed by atoms with Crippen molar-refractivity contribution in [3.63, 3.8) is 0 Å². The van der Waals surface area contributed by atoms with Gasteiger partial charge in [0.15, 0.2) is 0 Å². The maximum absolute atomic E-state index is 9.33. The zero-order chi connectivity index (χ0) is 12.4. The molecular weight excluding hydrogens is 234 g/mol.